The van der Waals surface area contributed by atoms with Crippen LogP contribution in [0.25, 0.3) is 0 Å². The highest BCUT2D eigenvalue weighted by molar-refractivity contribution is 5.91. The molecule has 2 aliphatic heterocycles. The molecule has 6 atom stereocenters. The fraction of sp³-hybridized carbons (Fsp3) is 0.700. The van der Waals surface area contributed by atoms with E-state index in [1.54, 1.807) is 0 Å². The maximum Gasteiger partial charge on any atom is 0.334 e. The summed E-state index contributed by atoms with van der Waals surface area (Å²) < 4.78 is 17.3. The van der Waals surface area contributed by atoms with E-state index in [4.69, 9.17) is 14.2 Å². The second-order valence-electron chi connectivity index (χ2n) is 7.81. The zero-order valence-electron chi connectivity index (χ0n) is 15.5. The Morgan fingerprint density at radius 2 is 2.24 bits per heavy atom. The molecule has 0 radical (unpaired) electrons. The van der Waals surface area contributed by atoms with E-state index in [9.17, 15) is 9.59 Å². The van der Waals surface area contributed by atoms with Crippen LogP contribution in [-0.2, 0) is 23.8 Å². The van der Waals surface area contributed by atoms with Crippen molar-refractivity contribution in [3.8, 4) is 0 Å². The lowest BCUT2D eigenvalue weighted by atomic mass is 9.83. The molecular formula is C20H28O5. The van der Waals surface area contributed by atoms with Crippen LogP contribution in [-0.4, -0.2) is 35.9 Å². The van der Waals surface area contributed by atoms with Crippen molar-refractivity contribution in [2.24, 2.45) is 11.8 Å². The predicted octanol–water partition coefficient (Wildman–Crippen LogP) is 3.33. The van der Waals surface area contributed by atoms with Crippen LogP contribution < -0.4 is 0 Å². The molecule has 5 nitrogen and oxygen atoms in total. The average Bonchev–Trinajstić information content (AvgIpc) is 3.17. The van der Waals surface area contributed by atoms with Crippen molar-refractivity contribution >= 4 is 11.9 Å². The van der Waals surface area contributed by atoms with Crippen molar-refractivity contribution in [1.82, 2.24) is 0 Å². The highest BCUT2D eigenvalue weighted by Gasteiger charge is 2.60. The van der Waals surface area contributed by atoms with E-state index in [-0.39, 0.29) is 36.0 Å². The highest BCUT2D eigenvalue weighted by Crippen LogP contribution is 2.48. The number of hydrogen-bond donors (Lipinski definition) is 0. The van der Waals surface area contributed by atoms with Gasteiger partial charge in [0.05, 0.1) is 12.0 Å². The minimum atomic E-state index is -0.489. The first kappa shape index (κ1) is 18.2. The van der Waals surface area contributed by atoms with Gasteiger partial charge in [-0.2, -0.15) is 0 Å². The number of carbonyl (C=O) groups is 2. The summed E-state index contributed by atoms with van der Waals surface area (Å²) >= 11 is 0. The SMILES string of the molecule is C=C1C(=O)OC2C=C(C)CCC3OC3(C)C(OC(=O)C(C)CC)CC12. The van der Waals surface area contributed by atoms with Crippen LogP contribution in [0.1, 0.15) is 53.4 Å². The van der Waals surface area contributed by atoms with Gasteiger partial charge in [-0.15, -0.1) is 0 Å². The highest BCUT2D eigenvalue weighted by atomic mass is 16.6. The van der Waals surface area contributed by atoms with Gasteiger partial charge in [0.2, 0.25) is 0 Å². The Kier molecular flexibility index (Phi) is 4.80. The maximum absolute atomic E-state index is 12.4. The van der Waals surface area contributed by atoms with E-state index >= 15 is 0 Å². The van der Waals surface area contributed by atoms with Gasteiger partial charge in [-0.05, 0) is 45.6 Å². The standard InChI is InChI=1S/C20H28O5/c1-6-12(3)18(21)24-17-10-14-13(4)19(22)23-15(14)9-11(2)7-8-16-20(17,5)25-16/h9,12,14-17H,4,6-8,10H2,1-3,5H3. The predicted molar refractivity (Wildman–Crippen MR) is 92.7 cm³/mol. The average molecular weight is 348 g/mol. The van der Waals surface area contributed by atoms with Crippen molar-refractivity contribution < 1.29 is 23.8 Å². The van der Waals surface area contributed by atoms with Crippen molar-refractivity contribution in [1.29, 1.82) is 0 Å². The topological polar surface area (TPSA) is 65.1 Å². The van der Waals surface area contributed by atoms with Gasteiger partial charge in [-0.3, -0.25) is 4.79 Å². The lowest BCUT2D eigenvalue weighted by Crippen LogP contribution is -2.38. The van der Waals surface area contributed by atoms with Crippen molar-refractivity contribution in [3.05, 3.63) is 23.8 Å². The second kappa shape index (κ2) is 6.60. The number of epoxide rings is 1. The second-order valence-corrected chi connectivity index (χ2v) is 7.81. The van der Waals surface area contributed by atoms with Crippen LogP contribution in [0.4, 0.5) is 0 Å². The number of esters is 2. The molecule has 2 saturated heterocycles. The van der Waals surface area contributed by atoms with Crippen LogP contribution in [0.2, 0.25) is 0 Å². The lowest BCUT2D eigenvalue weighted by molar-refractivity contribution is -0.158. The fourth-order valence-corrected chi connectivity index (χ4v) is 3.73. The largest absolute Gasteiger partial charge is 0.459 e. The Morgan fingerprint density at radius 3 is 2.92 bits per heavy atom. The molecule has 0 amide bonds. The normalized spacial score (nSPS) is 38.8. The molecule has 0 aromatic heterocycles. The maximum atomic E-state index is 12.4. The summed E-state index contributed by atoms with van der Waals surface area (Å²) in [6, 6.07) is 0. The molecule has 1 aliphatic carbocycles. The molecular weight excluding hydrogens is 320 g/mol. The van der Waals surface area contributed by atoms with Crippen LogP contribution >= 0.6 is 0 Å². The van der Waals surface area contributed by atoms with Crippen molar-refractivity contribution in [2.75, 3.05) is 0 Å². The molecule has 3 rings (SSSR count). The molecule has 0 saturated carbocycles. The van der Waals surface area contributed by atoms with Crippen LogP contribution in [0.5, 0.6) is 0 Å². The van der Waals surface area contributed by atoms with E-state index in [1.807, 2.05) is 33.8 Å². The molecule has 0 bridgehead atoms. The third-order valence-electron chi connectivity index (χ3n) is 5.96. The molecule has 5 heteroatoms. The van der Waals surface area contributed by atoms with Crippen LogP contribution in [0, 0.1) is 11.8 Å². The monoisotopic (exact) mass is 348 g/mol. The van der Waals surface area contributed by atoms with Crippen molar-refractivity contribution in [2.45, 2.75) is 77.3 Å². The summed E-state index contributed by atoms with van der Waals surface area (Å²) in [5, 5.41) is 0. The molecule has 0 aromatic rings. The number of rotatable bonds is 3. The fourth-order valence-electron chi connectivity index (χ4n) is 3.73. The summed E-state index contributed by atoms with van der Waals surface area (Å²) in [4.78, 5) is 24.4. The van der Waals surface area contributed by atoms with Gasteiger partial charge in [-0.25, -0.2) is 4.79 Å². The number of carbonyl (C=O) groups excluding carboxylic acids is 2. The molecule has 2 heterocycles. The van der Waals surface area contributed by atoms with E-state index in [0.717, 1.165) is 19.3 Å². The Morgan fingerprint density at radius 1 is 1.52 bits per heavy atom. The molecule has 0 aromatic carbocycles. The third-order valence-corrected chi connectivity index (χ3v) is 5.96. The van der Waals surface area contributed by atoms with Gasteiger partial charge >= 0.3 is 11.9 Å². The Hall–Kier alpha value is -1.62. The zero-order chi connectivity index (χ0) is 18.4. The Bertz CT molecular complexity index is 622. The minimum absolute atomic E-state index is 0.0772. The first-order chi connectivity index (χ1) is 11.8. The summed E-state index contributed by atoms with van der Waals surface area (Å²) in [5.41, 5.74) is 1.16. The van der Waals surface area contributed by atoms with E-state index in [2.05, 4.69) is 6.58 Å². The molecule has 6 unspecified atom stereocenters. The quantitative estimate of drug-likeness (QED) is 0.339. The van der Waals surface area contributed by atoms with E-state index in [1.165, 1.54) is 5.57 Å². The molecule has 0 N–H and O–H groups in total. The molecule has 25 heavy (non-hydrogen) atoms. The van der Waals surface area contributed by atoms with Crippen LogP contribution in [0.15, 0.2) is 23.8 Å². The number of fused-ring (bicyclic) bond motifs is 2. The molecule has 138 valence electrons. The Labute approximate surface area is 149 Å². The van der Waals surface area contributed by atoms with Gasteiger partial charge < -0.3 is 14.2 Å². The van der Waals surface area contributed by atoms with Gasteiger partial charge in [0.1, 0.15) is 17.8 Å². The minimum Gasteiger partial charge on any atom is -0.459 e. The summed E-state index contributed by atoms with van der Waals surface area (Å²) in [7, 11) is 0. The van der Waals surface area contributed by atoms with Gasteiger partial charge in [0.15, 0.2) is 0 Å². The zero-order valence-corrected chi connectivity index (χ0v) is 15.5. The summed E-state index contributed by atoms with van der Waals surface area (Å²) in [6.45, 7) is 11.8. The Balaban J connectivity index is 1.87. The summed E-state index contributed by atoms with van der Waals surface area (Å²) in [5.74, 6) is -0.904. The number of hydrogen-bond acceptors (Lipinski definition) is 5. The van der Waals surface area contributed by atoms with E-state index < -0.39 is 11.7 Å². The lowest BCUT2D eigenvalue weighted by Gasteiger charge is -2.28. The van der Waals surface area contributed by atoms with Gasteiger partial charge in [0, 0.05) is 11.5 Å². The van der Waals surface area contributed by atoms with Gasteiger partial charge in [-0.1, -0.05) is 26.0 Å². The molecule has 3 aliphatic rings. The van der Waals surface area contributed by atoms with Crippen molar-refractivity contribution in [3.63, 3.8) is 0 Å². The number of allylic oxidation sites excluding steroid dienone is 1. The van der Waals surface area contributed by atoms with E-state index in [0.29, 0.717) is 12.0 Å². The summed E-state index contributed by atoms with van der Waals surface area (Å²) in [6.07, 6.45) is 4.34. The number of ether oxygens (including phenoxy) is 3. The molecule has 2 fully saturated rings. The van der Waals surface area contributed by atoms with Gasteiger partial charge in [0.25, 0.3) is 0 Å². The third kappa shape index (κ3) is 3.39. The first-order valence-corrected chi connectivity index (χ1v) is 9.21. The smallest absolute Gasteiger partial charge is 0.334 e. The van der Waals surface area contributed by atoms with Crippen LogP contribution in [0.3, 0.4) is 0 Å². The molecule has 0 spiro atoms. The first-order valence-electron chi connectivity index (χ1n) is 9.21.